The van der Waals surface area contributed by atoms with E-state index < -0.39 is 17.8 Å². The SMILES string of the molecule is O=C(CSc1cccc(NC(=O)/C(=C\c2ccc(Cl)cc2Cl)NC(=O)c2ccccc2)c1)Nc1ccc(C(=O)O)cc1. The van der Waals surface area contributed by atoms with Gasteiger partial charge in [-0.3, -0.25) is 14.4 Å². The van der Waals surface area contributed by atoms with Crippen molar-refractivity contribution in [3.05, 3.63) is 129 Å². The lowest BCUT2D eigenvalue weighted by molar-refractivity contribution is -0.114. The van der Waals surface area contributed by atoms with Gasteiger partial charge < -0.3 is 21.1 Å². The molecule has 0 aliphatic rings. The summed E-state index contributed by atoms with van der Waals surface area (Å²) in [7, 11) is 0. The maximum Gasteiger partial charge on any atom is 0.335 e. The Hall–Kier alpha value is -4.57. The van der Waals surface area contributed by atoms with Crippen molar-refractivity contribution >= 4 is 76.1 Å². The zero-order chi connectivity index (χ0) is 30.1. The molecular weight excluding hydrogens is 597 g/mol. The Bertz CT molecular complexity index is 1660. The third-order valence-corrected chi connectivity index (χ3v) is 7.22. The van der Waals surface area contributed by atoms with Gasteiger partial charge in [0.15, 0.2) is 0 Å². The number of nitrogens with one attached hydrogen (secondary N) is 3. The van der Waals surface area contributed by atoms with Crippen LogP contribution in [-0.2, 0) is 9.59 Å². The monoisotopic (exact) mass is 619 g/mol. The molecule has 4 rings (SSSR count). The highest BCUT2D eigenvalue weighted by Crippen LogP contribution is 2.25. The molecule has 0 unspecified atom stereocenters. The molecule has 0 atom stereocenters. The smallest absolute Gasteiger partial charge is 0.335 e. The van der Waals surface area contributed by atoms with E-state index in [0.29, 0.717) is 37.4 Å². The van der Waals surface area contributed by atoms with Crippen LogP contribution < -0.4 is 16.0 Å². The maximum absolute atomic E-state index is 13.3. The first-order valence-corrected chi connectivity index (χ1v) is 14.1. The molecule has 0 spiro atoms. The fourth-order valence-corrected chi connectivity index (χ4v) is 4.84. The minimum absolute atomic E-state index is 0.0422. The Labute approximate surface area is 255 Å². The Morgan fingerprint density at radius 1 is 0.762 bits per heavy atom. The fourth-order valence-electron chi connectivity index (χ4n) is 3.62. The van der Waals surface area contributed by atoms with Crippen LogP contribution >= 0.6 is 35.0 Å². The van der Waals surface area contributed by atoms with Gasteiger partial charge in [-0.1, -0.05) is 53.5 Å². The number of carbonyl (C=O) groups is 4. The molecule has 0 aromatic heterocycles. The number of carboxylic acid groups (broad SMARTS) is 1. The van der Waals surface area contributed by atoms with Crippen LogP contribution in [-0.4, -0.2) is 34.6 Å². The van der Waals surface area contributed by atoms with Crippen molar-refractivity contribution in [2.45, 2.75) is 4.90 Å². The topological polar surface area (TPSA) is 125 Å². The number of hydrogen-bond donors (Lipinski definition) is 4. The Kier molecular flexibility index (Phi) is 10.4. The van der Waals surface area contributed by atoms with Gasteiger partial charge in [-0.05, 0) is 78.4 Å². The lowest BCUT2D eigenvalue weighted by Gasteiger charge is -2.13. The van der Waals surface area contributed by atoms with Gasteiger partial charge in [-0.2, -0.15) is 0 Å². The van der Waals surface area contributed by atoms with Crippen molar-refractivity contribution in [3.63, 3.8) is 0 Å². The Morgan fingerprint density at radius 3 is 2.19 bits per heavy atom. The summed E-state index contributed by atoms with van der Waals surface area (Å²) in [5.74, 6) is -2.33. The summed E-state index contributed by atoms with van der Waals surface area (Å²) >= 11 is 13.6. The second-order valence-electron chi connectivity index (χ2n) is 8.75. The lowest BCUT2D eigenvalue weighted by Crippen LogP contribution is -2.30. The molecule has 42 heavy (non-hydrogen) atoms. The first-order valence-electron chi connectivity index (χ1n) is 12.4. The van der Waals surface area contributed by atoms with Gasteiger partial charge in [0.25, 0.3) is 11.8 Å². The first kappa shape index (κ1) is 30.4. The third-order valence-electron chi connectivity index (χ3n) is 5.67. The summed E-state index contributed by atoms with van der Waals surface area (Å²) in [6, 6.07) is 26.0. The van der Waals surface area contributed by atoms with Crippen LogP contribution in [0.15, 0.2) is 108 Å². The van der Waals surface area contributed by atoms with Crippen molar-refractivity contribution in [1.82, 2.24) is 5.32 Å². The molecule has 4 aromatic carbocycles. The summed E-state index contributed by atoms with van der Waals surface area (Å²) < 4.78 is 0. The standard InChI is InChI=1S/C31H23Cl2N3O5S/c32-22-12-9-21(26(33)16-22)15-27(36-29(38)19-5-2-1-3-6-19)30(39)35-24-7-4-8-25(17-24)42-18-28(37)34-23-13-10-20(11-14-23)31(40)41/h1-17H,18H2,(H,34,37)(H,35,39)(H,36,38)(H,40,41)/b27-15+. The van der Waals surface area contributed by atoms with E-state index in [2.05, 4.69) is 16.0 Å². The van der Waals surface area contributed by atoms with Gasteiger partial charge >= 0.3 is 5.97 Å². The first-order chi connectivity index (χ1) is 20.2. The summed E-state index contributed by atoms with van der Waals surface area (Å²) in [5.41, 5.74) is 1.84. The maximum atomic E-state index is 13.3. The van der Waals surface area contributed by atoms with Gasteiger partial charge in [0.05, 0.1) is 11.3 Å². The zero-order valence-electron chi connectivity index (χ0n) is 21.8. The lowest BCUT2D eigenvalue weighted by atomic mass is 10.1. The minimum Gasteiger partial charge on any atom is -0.478 e. The normalized spacial score (nSPS) is 11.0. The predicted octanol–water partition coefficient (Wildman–Crippen LogP) is 6.83. The number of rotatable bonds is 10. The van der Waals surface area contributed by atoms with Crippen LogP contribution in [0, 0.1) is 0 Å². The second kappa shape index (κ2) is 14.4. The molecule has 11 heteroatoms. The van der Waals surface area contributed by atoms with Gasteiger partial charge in [-0.15, -0.1) is 11.8 Å². The molecular formula is C31H23Cl2N3O5S. The predicted molar refractivity (Wildman–Crippen MR) is 166 cm³/mol. The number of aromatic carboxylic acids is 1. The number of halogens is 2. The summed E-state index contributed by atoms with van der Waals surface area (Å²) in [4.78, 5) is 50.3. The van der Waals surface area contributed by atoms with Crippen molar-refractivity contribution in [2.24, 2.45) is 0 Å². The second-order valence-corrected chi connectivity index (χ2v) is 10.6. The highest BCUT2D eigenvalue weighted by atomic mass is 35.5. The van der Waals surface area contributed by atoms with Crippen LogP contribution in [0.4, 0.5) is 11.4 Å². The molecule has 212 valence electrons. The van der Waals surface area contributed by atoms with Gasteiger partial charge in [-0.25, -0.2) is 4.79 Å². The number of carbonyl (C=O) groups excluding carboxylic acids is 3. The van der Waals surface area contributed by atoms with Crippen LogP contribution in [0.3, 0.4) is 0 Å². The summed E-state index contributed by atoms with van der Waals surface area (Å²) in [6.07, 6.45) is 1.46. The average Bonchev–Trinajstić information content (AvgIpc) is 2.98. The van der Waals surface area contributed by atoms with Gasteiger partial charge in [0.1, 0.15) is 5.70 Å². The molecule has 0 aliphatic heterocycles. The number of amides is 3. The summed E-state index contributed by atoms with van der Waals surface area (Å²) in [6.45, 7) is 0. The molecule has 3 amide bonds. The molecule has 4 N–H and O–H groups in total. The molecule has 8 nitrogen and oxygen atoms in total. The van der Waals surface area contributed by atoms with Crippen LogP contribution in [0.2, 0.25) is 10.0 Å². The van der Waals surface area contributed by atoms with Gasteiger partial charge in [0.2, 0.25) is 5.91 Å². The van der Waals surface area contributed by atoms with E-state index in [1.165, 1.54) is 48.2 Å². The van der Waals surface area contributed by atoms with Crippen LogP contribution in [0.1, 0.15) is 26.3 Å². The number of carboxylic acids is 1. The van der Waals surface area contributed by atoms with E-state index in [-0.39, 0.29) is 22.9 Å². The molecule has 4 aromatic rings. The average molecular weight is 621 g/mol. The fraction of sp³-hybridized carbons (Fsp3) is 0.0323. The Morgan fingerprint density at radius 2 is 1.50 bits per heavy atom. The van der Waals surface area contributed by atoms with Crippen molar-refractivity contribution < 1.29 is 24.3 Å². The minimum atomic E-state index is -1.05. The molecule has 0 aliphatic carbocycles. The molecule has 0 radical (unpaired) electrons. The van der Waals surface area contributed by atoms with Crippen molar-refractivity contribution in [2.75, 3.05) is 16.4 Å². The van der Waals surface area contributed by atoms with E-state index in [9.17, 15) is 19.2 Å². The molecule has 0 bridgehead atoms. The van der Waals surface area contributed by atoms with Gasteiger partial charge in [0, 0.05) is 31.9 Å². The van der Waals surface area contributed by atoms with Crippen molar-refractivity contribution in [1.29, 1.82) is 0 Å². The molecule has 0 saturated heterocycles. The third kappa shape index (κ3) is 8.71. The molecule has 0 saturated carbocycles. The Balaban J connectivity index is 1.45. The van der Waals surface area contributed by atoms with E-state index in [1.807, 2.05) is 0 Å². The van der Waals surface area contributed by atoms with Crippen molar-refractivity contribution in [3.8, 4) is 0 Å². The van der Waals surface area contributed by atoms with E-state index in [4.69, 9.17) is 28.3 Å². The van der Waals surface area contributed by atoms with E-state index >= 15 is 0 Å². The summed E-state index contributed by atoms with van der Waals surface area (Å²) in [5, 5.41) is 17.9. The molecule has 0 heterocycles. The number of thioether (sulfide) groups is 1. The van der Waals surface area contributed by atoms with Crippen LogP contribution in [0.25, 0.3) is 6.08 Å². The van der Waals surface area contributed by atoms with Crippen LogP contribution in [0.5, 0.6) is 0 Å². The quantitative estimate of drug-likeness (QED) is 0.114. The number of hydrogen-bond acceptors (Lipinski definition) is 5. The highest BCUT2D eigenvalue weighted by Gasteiger charge is 2.16. The zero-order valence-corrected chi connectivity index (χ0v) is 24.1. The van der Waals surface area contributed by atoms with E-state index in [0.717, 1.165) is 0 Å². The number of anilines is 2. The number of benzene rings is 4. The molecule has 0 fully saturated rings. The van der Waals surface area contributed by atoms with E-state index in [1.54, 1.807) is 66.7 Å². The largest absolute Gasteiger partial charge is 0.478 e. The highest BCUT2D eigenvalue weighted by molar-refractivity contribution is 8.00.